The van der Waals surface area contributed by atoms with Crippen LogP contribution in [-0.4, -0.2) is 64.6 Å². The lowest BCUT2D eigenvalue weighted by molar-refractivity contribution is -0.384. The minimum absolute atomic E-state index is 0.0939. The van der Waals surface area contributed by atoms with Crippen LogP contribution in [0.4, 0.5) is 5.69 Å². The van der Waals surface area contributed by atoms with Crippen molar-refractivity contribution in [3.8, 4) is 5.75 Å². The Morgan fingerprint density at radius 2 is 1.70 bits per heavy atom. The summed E-state index contributed by atoms with van der Waals surface area (Å²) in [6.07, 6.45) is 0. The van der Waals surface area contributed by atoms with E-state index in [0.717, 1.165) is 4.90 Å². The molecule has 0 bridgehead atoms. The molecule has 47 heavy (non-hydrogen) atoms. The number of β-lactam (4-membered cyclic amide) rings is 1. The summed E-state index contributed by atoms with van der Waals surface area (Å²) >= 11 is -2.45. The molecule has 0 saturated carbocycles. The molecule has 3 N–H and O–H groups in total. The molecule has 3 aromatic carbocycles. The van der Waals surface area contributed by atoms with E-state index >= 15 is 0 Å². The number of nitro groups is 1. The molecule has 1 aliphatic heterocycles. The van der Waals surface area contributed by atoms with E-state index in [1.54, 1.807) is 49.4 Å². The Bertz CT molecular complexity index is 1760. The Labute approximate surface area is 273 Å². The number of non-ortho nitro benzene ring substituents is 1. The van der Waals surface area contributed by atoms with Gasteiger partial charge in [-0.15, -0.1) is 4.83 Å². The van der Waals surface area contributed by atoms with Gasteiger partial charge in [-0.3, -0.25) is 24.6 Å². The van der Waals surface area contributed by atoms with Gasteiger partial charge in [0.25, 0.3) is 27.5 Å². The van der Waals surface area contributed by atoms with Gasteiger partial charge in [0.05, 0.1) is 21.2 Å². The van der Waals surface area contributed by atoms with E-state index in [9.17, 15) is 37.5 Å². The van der Waals surface area contributed by atoms with Crippen LogP contribution in [0.25, 0.3) is 0 Å². The summed E-state index contributed by atoms with van der Waals surface area (Å²) in [5.74, 6) is -2.15. The number of hydrogen-bond acceptors (Lipinski definition) is 11. The molecule has 0 aliphatic carbocycles. The minimum atomic E-state index is -4.23. The molecule has 17 heteroatoms. The summed E-state index contributed by atoms with van der Waals surface area (Å²) in [5, 5.41) is 11.9. The monoisotopic (exact) mass is 685 g/mol. The highest BCUT2D eigenvalue weighted by molar-refractivity contribution is 7.93. The third-order valence-corrected chi connectivity index (χ3v) is 9.66. The second-order valence-corrected chi connectivity index (χ2v) is 13.3. The molecule has 0 spiro atoms. The van der Waals surface area contributed by atoms with E-state index in [2.05, 4.69) is 16.7 Å². The Morgan fingerprint density at radius 1 is 1.06 bits per heavy atom. The number of carbonyl (C=O) groups excluding carboxylic acids is 3. The van der Waals surface area contributed by atoms with Crippen molar-refractivity contribution >= 4 is 44.9 Å². The van der Waals surface area contributed by atoms with Gasteiger partial charge in [-0.05, 0) is 60.9 Å². The fraction of sp³-hybridized carbons (Fsp3) is 0.233. The van der Waals surface area contributed by atoms with Crippen molar-refractivity contribution in [2.24, 2.45) is 0 Å². The standard InChI is InChI=1S/C30H31N5O10S2/c1-19(2)27(30(38)45-17-21-13-15-22(16-14-21)35(39)40)34-28(37)26(31-25(36)18-44-23-10-5-4-6-11-23)29(34)46(41)32-33-47(42,43)24-12-8-7-9-20(24)3/h4-16,26-27,29,32-33H,1,17-18H2,2-3H3,(H,31,36). The lowest BCUT2D eigenvalue weighted by Gasteiger charge is -2.48. The number of hydrazine groups is 1. The van der Waals surface area contributed by atoms with Gasteiger partial charge in [-0.2, -0.15) is 0 Å². The van der Waals surface area contributed by atoms with Crippen LogP contribution in [0.1, 0.15) is 18.1 Å². The fourth-order valence-corrected chi connectivity index (χ4v) is 7.18. The molecule has 4 rings (SSSR count). The number of ether oxygens (including phenoxy) is 2. The van der Waals surface area contributed by atoms with Crippen molar-refractivity contribution in [3.63, 3.8) is 0 Å². The molecule has 4 unspecified atom stereocenters. The van der Waals surface area contributed by atoms with E-state index < -0.39 is 68.2 Å². The predicted molar refractivity (Wildman–Crippen MR) is 169 cm³/mol. The van der Waals surface area contributed by atoms with Crippen molar-refractivity contribution in [1.29, 1.82) is 0 Å². The van der Waals surface area contributed by atoms with Crippen molar-refractivity contribution in [1.82, 2.24) is 19.9 Å². The number of nitrogens with one attached hydrogen (secondary N) is 3. The Kier molecular flexibility index (Phi) is 11.3. The maximum absolute atomic E-state index is 13.6. The van der Waals surface area contributed by atoms with Crippen molar-refractivity contribution in [2.45, 2.75) is 42.8 Å². The summed E-state index contributed by atoms with van der Waals surface area (Å²) in [4.78, 5) is 54.8. The molecule has 3 aromatic rings. The Morgan fingerprint density at radius 3 is 2.32 bits per heavy atom. The SMILES string of the molecule is C=C(C)C(C(=O)OCc1ccc([N+](=O)[O-])cc1)N1C(=O)C(NC(=O)COc2ccccc2)C1[S+]([O-])NNS(=O)(=O)c1ccccc1C. The van der Waals surface area contributed by atoms with Crippen LogP contribution in [0.15, 0.2) is 95.9 Å². The van der Waals surface area contributed by atoms with Gasteiger partial charge in [-0.1, -0.05) is 47.8 Å². The van der Waals surface area contributed by atoms with Crippen LogP contribution < -0.4 is 19.7 Å². The summed E-state index contributed by atoms with van der Waals surface area (Å²) in [5.41, 5.74) is 0.779. The number of hydrogen-bond donors (Lipinski definition) is 3. The number of sulfonamides is 1. The molecule has 0 aromatic heterocycles. The third-order valence-electron chi connectivity index (χ3n) is 6.89. The fourth-order valence-electron chi connectivity index (χ4n) is 4.57. The van der Waals surface area contributed by atoms with Gasteiger partial charge >= 0.3 is 5.97 Å². The van der Waals surface area contributed by atoms with Gasteiger partial charge in [0.15, 0.2) is 18.7 Å². The zero-order valence-corrected chi connectivity index (χ0v) is 26.8. The average molecular weight is 686 g/mol. The second kappa shape index (κ2) is 15.2. The molecule has 1 heterocycles. The average Bonchev–Trinajstić information content (AvgIpc) is 3.05. The zero-order valence-electron chi connectivity index (χ0n) is 25.2. The molecule has 1 saturated heterocycles. The number of nitrogens with zero attached hydrogens (tertiary/aromatic N) is 2. The number of rotatable bonds is 15. The highest BCUT2D eigenvalue weighted by Gasteiger charge is 2.60. The molecule has 1 fully saturated rings. The predicted octanol–water partition coefficient (Wildman–Crippen LogP) is 1.77. The number of benzene rings is 3. The Hall–Kier alpha value is -4.81. The van der Waals surface area contributed by atoms with E-state index in [4.69, 9.17) is 9.47 Å². The zero-order chi connectivity index (χ0) is 34.3. The van der Waals surface area contributed by atoms with E-state index in [-0.39, 0.29) is 22.8 Å². The van der Waals surface area contributed by atoms with Crippen molar-refractivity contribution in [2.75, 3.05) is 6.61 Å². The summed E-state index contributed by atoms with van der Waals surface area (Å²) in [6, 6.07) is 16.7. The maximum Gasteiger partial charge on any atom is 0.333 e. The van der Waals surface area contributed by atoms with Gasteiger partial charge in [0.2, 0.25) is 5.37 Å². The van der Waals surface area contributed by atoms with Crippen LogP contribution in [-0.2, 0) is 47.1 Å². The topological polar surface area (TPSA) is 209 Å². The number of aryl methyl sites for hydroxylation is 1. The molecule has 248 valence electrons. The van der Waals surface area contributed by atoms with Crippen molar-refractivity contribution in [3.05, 3.63) is 112 Å². The first-order valence-corrected chi connectivity index (χ1v) is 16.6. The molecule has 1 aliphatic rings. The van der Waals surface area contributed by atoms with Gasteiger partial charge in [0.1, 0.15) is 12.4 Å². The largest absolute Gasteiger partial charge is 0.595 e. The number of para-hydroxylation sites is 1. The molecule has 2 amide bonds. The van der Waals surface area contributed by atoms with Crippen LogP contribution >= 0.6 is 0 Å². The molecule has 15 nitrogen and oxygen atoms in total. The first kappa shape index (κ1) is 35.1. The van der Waals surface area contributed by atoms with Gasteiger partial charge in [0, 0.05) is 12.1 Å². The smallest absolute Gasteiger partial charge is 0.333 e. The summed E-state index contributed by atoms with van der Waals surface area (Å²) < 4.78 is 50.3. The summed E-state index contributed by atoms with van der Waals surface area (Å²) in [7, 11) is -4.23. The van der Waals surface area contributed by atoms with E-state index in [0.29, 0.717) is 16.9 Å². The number of esters is 1. The van der Waals surface area contributed by atoms with Gasteiger partial charge < -0.3 is 19.3 Å². The minimum Gasteiger partial charge on any atom is -0.595 e. The van der Waals surface area contributed by atoms with Crippen LogP contribution in [0.5, 0.6) is 5.75 Å². The van der Waals surface area contributed by atoms with Crippen molar-refractivity contribution < 1.29 is 41.8 Å². The van der Waals surface area contributed by atoms with Gasteiger partial charge in [-0.25, -0.2) is 13.2 Å². The molecule has 0 radical (unpaired) electrons. The van der Waals surface area contributed by atoms with E-state index in [1.165, 1.54) is 43.3 Å². The first-order chi connectivity index (χ1) is 22.3. The highest BCUT2D eigenvalue weighted by Crippen LogP contribution is 2.31. The first-order valence-electron chi connectivity index (χ1n) is 13.9. The number of amides is 2. The second-order valence-electron chi connectivity index (χ2n) is 10.3. The Balaban J connectivity index is 1.52. The third kappa shape index (κ3) is 8.52. The number of carbonyl (C=O) groups is 3. The van der Waals surface area contributed by atoms with Crippen LogP contribution in [0, 0.1) is 17.0 Å². The quantitative estimate of drug-likeness (QED) is 0.0524. The molecular formula is C30H31N5O10S2. The summed E-state index contributed by atoms with van der Waals surface area (Å²) in [6.45, 7) is 5.95. The maximum atomic E-state index is 13.6. The lowest BCUT2D eigenvalue weighted by atomic mass is 9.99. The number of nitro benzene ring substituents is 1. The molecule has 4 atom stereocenters. The molecular weight excluding hydrogens is 654 g/mol. The van der Waals surface area contributed by atoms with E-state index in [1.807, 2.05) is 4.83 Å². The lowest BCUT2D eigenvalue weighted by Crippen LogP contribution is -2.78. The normalized spacial score (nSPS) is 17.2. The van der Waals surface area contributed by atoms with Crippen LogP contribution in [0.2, 0.25) is 0 Å². The highest BCUT2D eigenvalue weighted by atomic mass is 32.2. The van der Waals surface area contributed by atoms with Crippen LogP contribution in [0.3, 0.4) is 0 Å². The number of likely N-dealkylation sites (tertiary alicyclic amines) is 1.